The fourth-order valence-corrected chi connectivity index (χ4v) is 2.40. The predicted octanol–water partition coefficient (Wildman–Crippen LogP) is 3.80. The maximum absolute atomic E-state index is 13.2. The van der Waals surface area contributed by atoms with E-state index in [1.165, 1.54) is 12.1 Å². The summed E-state index contributed by atoms with van der Waals surface area (Å²) in [6.45, 7) is 1.69. The van der Waals surface area contributed by atoms with E-state index in [2.05, 4.69) is 21.2 Å². The van der Waals surface area contributed by atoms with Gasteiger partial charge in [0.2, 0.25) is 0 Å². The first kappa shape index (κ1) is 15.4. The summed E-state index contributed by atoms with van der Waals surface area (Å²) in [5.41, 5.74) is 6.99. The smallest absolute Gasteiger partial charge is 0.251 e. The van der Waals surface area contributed by atoms with E-state index in [9.17, 15) is 13.6 Å². The molecule has 0 bridgehead atoms. The minimum atomic E-state index is -0.944. The predicted molar refractivity (Wildman–Crippen MR) is 80.8 cm³/mol. The summed E-state index contributed by atoms with van der Waals surface area (Å²) in [7, 11) is 0. The van der Waals surface area contributed by atoms with Crippen molar-refractivity contribution in [1.82, 2.24) is 5.32 Å². The van der Waals surface area contributed by atoms with Crippen LogP contribution in [0.3, 0.4) is 0 Å². The molecule has 2 rings (SSSR count). The summed E-state index contributed by atoms with van der Waals surface area (Å²) in [4.78, 5) is 12.1. The lowest BCUT2D eigenvalue weighted by Gasteiger charge is -2.15. The van der Waals surface area contributed by atoms with Gasteiger partial charge in [-0.15, -0.1) is 0 Å². The first-order valence-corrected chi connectivity index (χ1v) is 6.98. The van der Waals surface area contributed by atoms with Crippen LogP contribution < -0.4 is 11.1 Å². The third-order valence-corrected chi connectivity index (χ3v) is 3.43. The van der Waals surface area contributed by atoms with Crippen molar-refractivity contribution in [2.24, 2.45) is 0 Å². The molecule has 0 aliphatic carbocycles. The van der Waals surface area contributed by atoms with Gasteiger partial charge in [0.1, 0.15) is 0 Å². The molecule has 2 aromatic rings. The molecule has 0 fully saturated rings. The van der Waals surface area contributed by atoms with E-state index in [0.717, 1.165) is 12.1 Å². The average molecular weight is 355 g/mol. The highest BCUT2D eigenvalue weighted by Crippen LogP contribution is 2.19. The molecule has 1 amide bonds. The number of nitrogen functional groups attached to an aromatic ring is 1. The van der Waals surface area contributed by atoms with Gasteiger partial charge in [0, 0.05) is 15.7 Å². The number of rotatable bonds is 3. The zero-order valence-corrected chi connectivity index (χ0v) is 12.7. The molecular formula is C15H13BrF2N2O. The Balaban J connectivity index is 2.16. The molecule has 0 aliphatic heterocycles. The number of amides is 1. The fourth-order valence-electron chi connectivity index (χ4n) is 1.89. The van der Waals surface area contributed by atoms with E-state index < -0.39 is 17.7 Å². The molecule has 2 aromatic carbocycles. The van der Waals surface area contributed by atoms with E-state index in [1.54, 1.807) is 19.1 Å². The van der Waals surface area contributed by atoms with E-state index >= 15 is 0 Å². The number of nitrogens with one attached hydrogen (secondary N) is 1. The number of carbonyl (C=O) groups excluding carboxylic acids is 1. The van der Waals surface area contributed by atoms with Gasteiger partial charge in [-0.2, -0.15) is 0 Å². The van der Waals surface area contributed by atoms with Crippen molar-refractivity contribution in [3.63, 3.8) is 0 Å². The highest BCUT2D eigenvalue weighted by atomic mass is 79.9. The van der Waals surface area contributed by atoms with Crippen LogP contribution in [-0.2, 0) is 0 Å². The van der Waals surface area contributed by atoms with Gasteiger partial charge in [-0.1, -0.05) is 22.0 Å². The lowest BCUT2D eigenvalue weighted by atomic mass is 10.1. The molecule has 0 aromatic heterocycles. The van der Waals surface area contributed by atoms with Crippen LogP contribution in [0.1, 0.15) is 28.9 Å². The Labute approximate surface area is 129 Å². The van der Waals surface area contributed by atoms with Gasteiger partial charge in [-0.25, -0.2) is 8.78 Å². The van der Waals surface area contributed by atoms with Gasteiger partial charge in [0.05, 0.1) is 6.04 Å². The van der Waals surface area contributed by atoms with Crippen molar-refractivity contribution in [3.05, 3.63) is 63.6 Å². The zero-order chi connectivity index (χ0) is 15.6. The maximum Gasteiger partial charge on any atom is 0.251 e. The minimum absolute atomic E-state index is 0.347. The van der Waals surface area contributed by atoms with Crippen LogP contribution in [0.2, 0.25) is 0 Å². The molecule has 0 aliphatic rings. The minimum Gasteiger partial charge on any atom is -0.399 e. The number of halogens is 3. The molecule has 0 heterocycles. The highest BCUT2D eigenvalue weighted by molar-refractivity contribution is 9.10. The Morgan fingerprint density at radius 2 is 1.90 bits per heavy atom. The Hall–Kier alpha value is -1.95. The number of anilines is 1. The molecular weight excluding hydrogens is 342 g/mol. The topological polar surface area (TPSA) is 55.1 Å². The zero-order valence-electron chi connectivity index (χ0n) is 11.2. The summed E-state index contributed by atoms with van der Waals surface area (Å²) in [6, 6.07) is 7.91. The standard InChI is InChI=1S/C15H13BrF2N2O/c1-8(9-2-3-13(17)14(18)6-9)20-15(21)10-4-11(16)7-12(19)5-10/h2-8H,19H2,1H3,(H,20,21). The summed E-state index contributed by atoms with van der Waals surface area (Å²) in [6.07, 6.45) is 0. The van der Waals surface area contributed by atoms with Crippen LogP contribution in [0.4, 0.5) is 14.5 Å². The second kappa shape index (κ2) is 6.22. The number of hydrogen-bond acceptors (Lipinski definition) is 2. The first-order chi connectivity index (χ1) is 9.86. The lowest BCUT2D eigenvalue weighted by molar-refractivity contribution is 0.0940. The summed E-state index contributed by atoms with van der Waals surface area (Å²) >= 11 is 3.26. The second-order valence-electron chi connectivity index (χ2n) is 4.64. The van der Waals surface area contributed by atoms with Gasteiger partial charge in [0.25, 0.3) is 5.91 Å². The SMILES string of the molecule is CC(NC(=O)c1cc(N)cc(Br)c1)c1ccc(F)c(F)c1. The summed E-state index contributed by atoms with van der Waals surface area (Å²) in [5.74, 6) is -2.21. The Morgan fingerprint density at radius 3 is 2.52 bits per heavy atom. The maximum atomic E-state index is 13.2. The number of nitrogens with two attached hydrogens (primary N) is 1. The molecule has 21 heavy (non-hydrogen) atoms. The first-order valence-electron chi connectivity index (χ1n) is 6.18. The third kappa shape index (κ3) is 3.78. The molecule has 0 saturated carbocycles. The Bertz CT molecular complexity index is 671. The highest BCUT2D eigenvalue weighted by Gasteiger charge is 2.14. The number of hydrogen-bond donors (Lipinski definition) is 2. The van der Waals surface area contributed by atoms with E-state index in [0.29, 0.717) is 21.3 Å². The molecule has 3 N–H and O–H groups in total. The molecule has 0 spiro atoms. The lowest BCUT2D eigenvalue weighted by Crippen LogP contribution is -2.26. The van der Waals surface area contributed by atoms with Gasteiger partial charge in [-0.05, 0) is 42.8 Å². The molecule has 6 heteroatoms. The monoisotopic (exact) mass is 354 g/mol. The van der Waals surface area contributed by atoms with Crippen molar-refractivity contribution in [2.75, 3.05) is 5.73 Å². The van der Waals surface area contributed by atoms with Crippen LogP contribution in [0.15, 0.2) is 40.9 Å². The van der Waals surface area contributed by atoms with E-state index in [1.807, 2.05) is 0 Å². The van der Waals surface area contributed by atoms with Gasteiger partial charge in [0.15, 0.2) is 11.6 Å². The molecule has 0 saturated heterocycles. The second-order valence-corrected chi connectivity index (χ2v) is 5.56. The molecule has 0 radical (unpaired) electrons. The summed E-state index contributed by atoms with van der Waals surface area (Å²) < 4.78 is 26.8. The van der Waals surface area contributed by atoms with Crippen molar-refractivity contribution < 1.29 is 13.6 Å². The van der Waals surface area contributed by atoms with E-state index in [-0.39, 0.29) is 5.91 Å². The van der Waals surface area contributed by atoms with Crippen LogP contribution in [0, 0.1) is 11.6 Å². The number of carbonyl (C=O) groups is 1. The third-order valence-electron chi connectivity index (χ3n) is 2.97. The number of benzene rings is 2. The Kier molecular flexibility index (Phi) is 4.57. The van der Waals surface area contributed by atoms with E-state index in [4.69, 9.17) is 5.73 Å². The van der Waals surface area contributed by atoms with Crippen LogP contribution >= 0.6 is 15.9 Å². The van der Waals surface area contributed by atoms with Gasteiger partial charge < -0.3 is 11.1 Å². The molecule has 3 nitrogen and oxygen atoms in total. The van der Waals surface area contributed by atoms with Gasteiger partial charge in [-0.3, -0.25) is 4.79 Å². The van der Waals surface area contributed by atoms with Crippen molar-refractivity contribution in [1.29, 1.82) is 0 Å². The quantitative estimate of drug-likeness (QED) is 0.823. The van der Waals surface area contributed by atoms with Crippen molar-refractivity contribution >= 4 is 27.5 Å². The van der Waals surface area contributed by atoms with Crippen molar-refractivity contribution in [3.8, 4) is 0 Å². The normalized spacial score (nSPS) is 12.0. The van der Waals surface area contributed by atoms with Crippen LogP contribution in [0.5, 0.6) is 0 Å². The van der Waals surface area contributed by atoms with Crippen molar-refractivity contribution in [2.45, 2.75) is 13.0 Å². The largest absolute Gasteiger partial charge is 0.399 e. The average Bonchev–Trinajstić information content (AvgIpc) is 2.40. The van der Waals surface area contributed by atoms with Gasteiger partial charge >= 0.3 is 0 Å². The Morgan fingerprint density at radius 1 is 1.19 bits per heavy atom. The fraction of sp³-hybridized carbons (Fsp3) is 0.133. The van der Waals surface area contributed by atoms with Crippen LogP contribution in [-0.4, -0.2) is 5.91 Å². The summed E-state index contributed by atoms with van der Waals surface area (Å²) in [5, 5.41) is 2.71. The molecule has 110 valence electrons. The molecule has 1 atom stereocenters. The molecule has 1 unspecified atom stereocenters. The van der Waals surface area contributed by atoms with Crippen LogP contribution in [0.25, 0.3) is 0 Å².